The van der Waals surface area contributed by atoms with Crippen LogP contribution in [0, 0.1) is 0 Å². The maximum absolute atomic E-state index is 14.4. The minimum Gasteiger partial charge on any atom is -0.306 e. The third-order valence-electron chi connectivity index (χ3n) is 3.18. The molecule has 0 aliphatic rings. The quantitative estimate of drug-likeness (QED) is 0.558. The largest absolute Gasteiger partial charge is 0.337 e. The number of allylic oxidation sites excluding steroid dienone is 1. The molecular weight excluding hydrogens is 326 g/mol. The van der Waals surface area contributed by atoms with Gasteiger partial charge in [-0.25, -0.2) is 4.39 Å². The van der Waals surface area contributed by atoms with Crippen LogP contribution in [0.2, 0.25) is 0 Å². The Morgan fingerprint density at radius 2 is 1.62 bits per heavy atom. The van der Waals surface area contributed by atoms with Crippen LogP contribution in [0.4, 0.5) is 4.39 Å². The molecule has 0 N–H and O–H groups in total. The lowest BCUT2D eigenvalue weighted by molar-refractivity contribution is 0.143. The van der Waals surface area contributed by atoms with E-state index in [4.69, 9.17) is 9.05 Å². The molecule has 0 heterocycles. The van der Waals surface area contributed by atoms with Gasteiger partial charge in [0, 0.05) is 0 Å². The Kier molecular flexibility index (Phi) is 6.34. The monoisotopic (exact) mass is 350 g/mol. The first-order chi connectivity index (χ1) is 11.3. The summed E-state index contributed by atoms with van der Waals surface area (Å²) in [6.07, 6.45) is 0.411. The summed E-state index contributed by atoms with van der Waals surface area (Å²) >= 11 is 0. The van der Waals surface area contributed by atoms with Crippen molar-refractivity contribution in [1.29, 1.82) is 0 Å². The number of benzene rings is 2. The van der Waals surface area contributed by atoms with Crippen molar-refractivity contribution in [3.05, 3.63) is 53.9 Å². The lowest BCUT2D eigenvalue weighted by atomic mass is 10.1. The van der Waals surface area contributed by atoms with Gasteiger partial charge in [-0.3, -0.25) is 4.57 Å². The molecule has 3 nitrogen and oxygen atoms in total. The van der Waals surface area contributed by atoms with Crippen LogP contribution in [0.5, 0.6) is 0 Å². The highest BCUT2D eigenvalue weighted by Gasteiger charge is 2.29. The summed E-state index contributed by atoms with van der Waals surface area (Å²) < 4.78 is 37.9. The Balaban J connectivity index is 2.22. The second-order valence-corrected chi connectivity index (χ2v) is 8.23. The summed E-state index contributed by atoms with van der Waals surface area (Å²) in [5.41, 5.74) is 0.715. The minimum atomic E-state index is -3.52. The van der Waals surface area contributed by atoms with E-state index in [2.05, 4.69) is 0 Å². The van der Waals surface area contributed by atoms with E-state index >= 15 is 0 Å². The maximum Gasteiger partial charge on any atom is 0.337 e. The maximum atomic E-state index is 14.4. The predicted octanol–water partition coefficient (Wildman–Crippen LogP) is 6.19. The molecule has 0 saturated carbocycles. The molecule has 0 aliphatic carbocycles. The van der Waals surface area contributed by atoms with Crippen molar-refractivity contribution in [3.63, 3.8) is 0 Å². The molecule has 0 atom stereocenters. The van der Waals surface area contributed by atoms with E-state index < -0.39 is 13.4 Å². The van der Waals surface area contributed by atoms with Gasteiger partial charge >= 0.3 is 7.60 Å². The van der Waals surface area contributed by atoms with Gasteiger partial charge in [0.15, 0.2) is 0 Å². The van der Waals surface area contributed by atoms with Crippen LogP contribution in [0.1, 0.15) is 33.3 Å². The normalized spacial score (nSPS) is 13.2. The zero-order chi connectivity index (χ0) is 17.7. The van der Waals surface area contributed by atoms with Gasteiger partial charge in [0.25, 0.3) is 0 Å². The Morgan fingerprint density at radius 1 is 1.04 bits per heavy atom. The molecule has 0 bridgehead atoms. The van der Waals surface area contributed by atoms with E-state index in [1.54, 1.807) is 27.7 Å². The summed E-state index contributed by atoms with van der Waals surface area (Å²) in [5, 5.41) is 2.12. The molecule has 5 heteroatoms. The number of hydrogen-bond acceptors (Lipinski definition) is 3. The molecule has 2 aromatic rings. The van der Waals surface area contributed by atoms with Crippen molar-refractivity contribution in [2.24, 2.45) is 0 Å². The predicted molar refractivity (Wildman–Crippen MR) is 97.9 cm³/mol. The topological polar surface area (TPSA) is 35.5 Å². The number of rotatable bonds is 7. The highest BCUT2D eigenvalue weighted by Crippen LogP contribution is 2.52. The van der Waals surface area contributed by atoms with Crippen LogP contribution < -0.4 is 0 Å². The summed E-state index contributed by atoms with van der Waals surface area (Å²) in [5.74, 6) is -0.519. The van der Waals surface area contributed by atoms with Crippen LogP contribution in [-0.4, -0.2) is 18.4 Å². The Labute approximate surface area is 143 Å². The van der Waals surface area contributed by atoms with Crippen LogP contribution in [0.15, 0.2) is 48.3 Å². The zero-order valence-electron chi connectivity index (χ0n) is 14.5. The van der Waals surface area contributed by atoms with E-state index in [9.17, 15) is 8.96 Å². The van der Waals surface area contributed by atoms with Gasteiger partial charge in [-0.2, -0.15) is 0 Å². The zero-order valence-corrected chi connectivity index (χ0v) is 15.4. The van der Waals surface area contributed by atoms with Gasteiger partial charge in [0.05, 0.1) is 12.2 Å². The van der Waals surface area contributed by atoms with Gasteiger partial charge in [0.2, 0.25) is 0 Å². The Morgan fingerprint density at radius 3 is 2.21 bits per heavy atom. The highest BCUT2D eigenvalue weighted by molar-refractivity contribution is 7.54. The summed E-state index contributed by atoms with van der Waals surface area (Å²) in [6.45, 7) is 7.01. The van der Waals surface area contributed by atoms with Crippen LogP contribution in [0.3, 0.4) is 0 Å². The molecule has 0 radical (unpaired) electrons. The summed E-state index contributed by atoms with van der Waals surface area (Å²) in [7, 11) is -3.52. The Hall–Kier alpha value is -1.48. The van der Waals surface area contributed by atoms with E-state index in [1.807, 2.05) is 42.5 Å². The smallest absolute Gasteiger partial charge is 0.306 e. The first-order valence-corrected chi connectivity index (χ1v) is 9.81. The highest BCUT2D eigenvalue weighted by atomic mass is 31.2. The number of hydrogen-bond donors (Lipinski definition) is 0. The molecule has 0 aliphatic heterocycles. The summed E-state index contributed by atoms with van der Waals surface area (Å²) in [4.78, 5) is 0. The second kappa shape index (κ2) is 8.06. The second-order valence-electron chi connectivity index (χ2n) is 6.28. The van der Waals surface area contributed by atoms with Crippen molar-refractivity contribution < 1.29 is 18.0 Å². The molecule has 24 heavy (non-hydrogen) atoms. The summed E-state index contributed by atoms with van der Waals surface area (Å²) in [6, 6.07) is 13.5. The molecular formula is C19H24FO3P. The van der Waals surface area contributed by atoms with Crippen molar-refractivity contribution in [2.45, 2.75) is 39.9 Å². The van der Waals surface area contributed by atoms with Crippen LogP contribution in [0.25, 0.3) is 16.8 Å². The van der Waals surface area contributed by atoms with E-state index in [0.717, 1.165) is 10.8 Å². The average Bonchev–Trinajstić information content (AvgIpc) is 2.44. The molecule has 2 aromatic carbocycles. The molecule has 130 valence electrons. The first kappa shape index (κ1) is 18.9. The molecule has 0 amide bonds. The Bertz CT molecular complexity index is 754. The fourth-order valence-corrected chi connectivity index (χ4v) is 4.40. The van der Waals surface area contributed by atoms with Crippen LogP contribution >= 0.6 is 7.60 Å². The molecule has 0 unspecified atom stereocenters. The first-order valence-electron chi connectivity index (χ1n) is 8.08. The third kappa shape index (κ3) is 5.55. The third-order valence-corrected chi connectivity index (χ3v) is 5.36. The van der Waals surface area contributed by atoms with Gasteiger partial charge in [-0.1, -0.05) is 36.4 Å². The standard InChI is InChI=1S/C19H24FO3P/c1-14(2)22-24(21,23-15(3)4)13-19(20)12-16-9-10-17-7-5-6-8-18(17)11-16/h5-12,14-15H,13H2,1-4H3/b19-12-. The molecule has 2 rings (SSSR count). The van der Waals surface area contributed by atoms with Crippen molar-refractivity contribution in [1.82, 2.24) is 0 Å². The number of fused-ring (bicyclic) bond motifs is 1. The van der Waals surface area contributed by atoms with Gasteiger partial charge in [0.1, 0.15) is 12.0 Å². The molecule has 0 aromatic heterocycles. The van der Waals surface area contributed by atoms with Crippen molar-refractivity contribution in [3.8, 4) is 0 Å². The minimum absolute atomic E-state index is 0.303. The molecule has 0 fully saturated rings. The van der Waals surface area contributed by atoms with Crippen molar-refractivity contribution in [2.75, 3.05) is 6.16 Å². The van der Waals surface area contributed by atoms with E-state index in [-0.39, 0.29) is 18.4 Å². The fraction of sp³-hybridized carbons (Fsp3) is 0.368. The van der Waals surface area contributed by atoms with Crippen LogP contribution in [-0.2, 0) is 13.6 Å². The SMILES string of the molecule is CC(C)OP(=O)(C/C(F)=C/c1ccc2ccccc2c1)OC(C)C. The average molecular weight is 350 g/mol. The molecule has 0 spiro atoms. The van der Waals surface area contributed by atoms with Crippen molar-refractivity contribution >= 4 is 24.4 Å². The lowest BCUT2D eigenvalue weighted by Crippen LogP contribution is -2.10. The fourth-order valence-electron chi connectivity index (χ4n) is 2.45. The van der Waals surface area contributed by atoms with Gasteiger partial charge in [-0.05, 0) is 56.2 Å². The number of halogens is 1. The lowest BCUT2D eigenvalue weighted by Gasteiger charge is -2.22. The van der Waals surface area contributed by atoms with Gasteiger partial charge < -0.3 is 9.05 Å². The van der Waals surface area contributed by atoms with E-state index in [0.29, 0.717) is 5.56 Å². The molecule has 0 saturated heterocycles. The van der Waals surface area contributed by atoms with Gasteiger partial charge in [-0.15, -0.1) is 0 Å². The van der Waals surface area contributed by atoms with E-state index in [1.165, 1.54) is 6.08 Å².